The van der Waals surface area contributed by atoms with Crippen molar-refractivity contribution in [2.75, 3.05) is 23.7 Å². The van der Waals surface area contributed by atoms with Crippen molar-refractivity contribution in [2.45, 2.75) is 6.92 Å². The number of nitro groups is 2. The highest BCUT2D eigenvalue weighted by Gasteiger charge is 2.19. The summed E-state index contributed by atoms with van der Waals surface area (Å²) in [5.74, 6) is 0.946. The molecular weight excluding hydrogens is 420 g/mol. The van der Waals surface area contributed by atoms with Gasteiger partial charge in [0.05, 0.1) is 21.5 Å². The number of aromatic nitrogens is 3. The first-order valence-electron chi connectivity index (χ1n) is 9.31. The molecule has 0 spiro atoms. The molecule has 0 aliphatic rings. The number of anilines is 3. The first-order valence-corrected chi connectivity index (χ1v) is 9.31. The molecule has 3 aromatic rings. The molecule has 13 heteroatoms. The van der Waals surface area contributed by atoms with Gasteiger partial charge in [-0.05, 0) is 36.8 Å². The fourth-order valence-electron chi connectivity index (χ4n) is 2.63. The van der Waals surface area contributed by atoms with Gasteiger partial charge in [-0.15, -0.1) is 10.2 Å². The third-order valence-electron chi connectivity index (χ3n) is 4.14. The van der Waals surface area contributed by atoms with E-state index in [4.69, 9.17) is 0 Å². The van der Waals surface area contributed by atoms with E-state index in [1.807, 2.05) is 19.1 Å². The molecule has 164 valence electrons. The highest BCUT2D eigenvalue weighted by Crippen LogP contribution is 2.22. The molecule has 1 aromatic carbocycles. The topological polar surface area (TPSA) is 178 Å². The maximum absolute atomic E-state index is 12.2. The molecule has 3 N–H and O–H groups in total. The molecule has 0 fully saturated rings. The van der Waals surface area contributed by atoms with E-state index in [9.17, 15) is 25.0 Å². The first kappa shape index (κ1) is 22.0. The summed E-state index contributed by atoms with van der Waals surface area (Å²) in [4.78, 5) is 36.7. The molecule has 0 bridgehead atoms. The number of nitrogens with one attached hydrogen (secondary N) is 3. The zero-order valence-corrected chi connectivity index (χ0v) is 16.8. The third kappa shape index (κ3) is 5.91. The number of benzene rings is 1. The Morgan fingerprint density at radius 3 is 2.16 bits per heavy atom. The zero-order chi connectivity index (χ0) is 23.1. The van der Waals surface area contributed by atoms with Crippen LogP contribution in [0.1, 0.15) is 15.9 Å². The van der Waals surface area contributed by atoms with Crippen molar-refractivity contribution in [3.63, 3.8) is 0 Å². The standard InChI is InChI=1S/C19H18N8O5/c1-12-4-5-20-18(8-12)23-17-3-2-16(24-25-17)21-6-7-22-19(28)13-9-14(26(29)30)11-15(10-13)27(31)32/h2-5,8-11H,6-7H2,1H3,(H,21,24)(H,22,28)(H,20,23,25). The van der Waals surface area contributed by atoms with Crippen molar-refractivity contribution >= 4 is 34.7 Å². The number of nitrogens with zero attached hydrogens (tertiary/aromatic N) is 5. The lowest BCUT2D eigenvalue weighted by atomic mass is 10.1. The van der Waals surface area contributed by atoms with Crippen LogP contribution < -0.4 is 16.0 Å². The molecule has 0 aliphatic heterocycles. The molecular formula is C19H18N8O5. The molecule has 1 amide bonds. The minimum absolute atomic E-state index is 0.143. The van der Waals surface area contributed by atoms with Gasteiger partial charge in [-0.25, -0.2) is 4.98 Å². The van der Waals surface area contributed by atoms with E-state index in [0.29, 0.717) is 17.5 Å². The van der Waals surface area contributed by atoms with Gasteiger partial charge in [-0.1, -0.05) is 0 Å². The fraction of sp³-hybridized carbons (Fsp3) is 0.158. The number of aryl methyl sites for hydroxylation is 1. The van der Waals surface area contributed by atoms with Gasteiger partial charge in [0, 0.05) is 31.4 Å². The Bertz CT molecular complexity index is 1120. The lowest BCUT2D eigenvalue weighted by Crippen LogP contribution is -2.29. The highest BCUT2D eigenvalue weighted by atomic mass is 16.6. The van der Waals surface area contributed by atoms with E-state index in [1.165, 1.54) is 0 Å². The second-order valence-corrected chi connectivity index (χ2v) is 6.58. The summed E-state index contributed by atoms with van der Waals surface area (Å²) >= 11 is 0. The monoisotopic (exact) mass is 438 g/mol. The van der Waals surface area contributed by atoms with Gasteiger partial charge < -0.3 is 16.0 Å². The largest absolute Gasteiger partial charge is 0.367 e. The van der Waals surface area contributed by atoms with E-state index in [2.05, 4.69) is 31.1 Å². The molecule has 3 rings (SSSR count). The second kappa shape index (κ2) is 9.88. The second-order valence-electron chi connectivity index (χ2n) is 6.58. The highest BCUT2D eigenvalue weighted by molar-refractivity contribution is 5.95. The molecule has 0 saturated carbocycles. The normalized spacial score (nSPS) is 10.3. The van der Waals surface area contributed by atoms with Crippen molar-refractivity contribution in [2.24, 2.45) is 0 Å². The number of pyridine rings is 1. The van der Waals surface area contributed by atoms with Crippen molar-refractivity contribution in [3.05, 3.63) is 80.0 Å². The van der Waals surface area contributed by atoms with Gasteiger partial charge in [0.15, 0.2) is 5.82 Å². The Balaban J connectivity index is 1.51. The van der Waals surface area contributed by atoms with Crippen LogP contribution in [0, 0.1) is 27.2 Å². The van der Waals surface area contributed by atoms with E-state index < -0.39 is 27.1 Å². The molecule has 0 saturated heterocycles. The van der Waals surface area contributed by atoms with Crippen molar-refractivity contribution in [3.8, 4) is 0 Å². The molecule has 0 atom stereocenters. The van der Waals surface area contributed by atoms with Crippen LogP contribution in [0.25, 0.3) is 0 Å². The number of carbonyl (C=O) groups is 1. The SMILES string of the molecule is Cc1ccnc(Nc2ccc(NCCNC(=O)c3cc([N+](=O)[O-])cc([N+](=O)[O-])c3)nn2)c1. The Labute approximate surface area is 181 Å². The Hall–Kier alpha value is -4.68. The van der Waals surface area contributed by atoms with Crippen LogP contribution in [-0.4, -0.2) is 44.0 Å². The maximum atomic E-state index is 12.2. The number of hydrogen-bond acceptors (Lipinski definition) is 10. The number of non-ortho nitro benzene ring substituents is 2. The van der Waals surface area contributed by atoms with Crippen molar-refractivity contribution in [1.82, 2.24) is 20.5 Å². The fourth-order valence-corrected chi connectivity index (χ4v) is 2.63. The van der Waals surface area contributed by atoms with Crippen LogP contribution in [0.2, 0.25) is 0 Å². The van der Waals surface area contributed by atoms with Crippen LogP contribution in [0.3, 0.4) is 0 Å². The van der Waals surface area contributed by atoms with E-state index in [-0.39, 0.29) is 18.7 Å². The maximum Gasteiger partial charge on any atom is 0.277 e. The summed E-state index contributed by atoms with van der Waals surface area (Å²) in [7, 11) is 0. The molecule has 2 aromatic heterocycles. The van der Waals surface area contributed by atoms with Crippen LogP contribution in [-0.2, 0) is 0 Å². The Kier molecular flexibility index (Phi) is 6.80. The Morgan fingerprint density at radius 1 is 0.906 bits per heavy atom. The average Bonchev–Trinajstić information content (AvgIpc) is 2.77. The van der Waals surface area contributed by atoms with Gasteiger partial charge in [0.25, 0.3) is 17.3 Å². The molecule has 0 aliphatic carbocycles. The summed E-state index contributed by atoms with van der Waals surface area (Å²) in [5.41, 5.74) is -0.194. The Morgan fingerprint density at radius 2 is 1.56 bits per heavy atom. The van der Waals surface area contributed by atoms with Crippen LogP contribution in [0.15, 0.2) is 48.7 Å². The van der Waals surface area contributed by atoms with Crippen LogP contribution >= 0.6 is 0 Å². The number of nitro benzene ring substituents is 2. The summed E-state index contributed by atoms with van der Waals surface area (Å²) < 4.78 is 0. The summed E-state index contributed by atoms with van der Waals surface area (Å²) in [6, 6.07) is 9.91. The molecule has 0 radical (unpaired) electrons. The van der Waals surface area contributed by atoms with Crippen molar-refractivity contribution in [1.29, 1.82) is 0 Å². The zero-order valence-electron chi connectivity index (χ0n) is 16.8. The lowest BCUT2D eigenvalue weighted by Gasteiger charge is -2.08. The molecule has 13 nitrogen and oxygen atoms in total. The predicted octanol–water partition coefficient (Wildman–Crippen LogP) is 2.58. The number of rotatable bonds is 9. The minimum atomic E-state index is -0.794. The van der Waals surface area contributed by atoms with Crippen molar-refractivity contribution < 1.29 is 14.6 Å². The van der Waals surface area contributed by atoms with Crippen LogP contribution in [0.4, 0.5) is 28.8 Å². The van der Waals surface area contributed by atoms with Gasteiger partial charge in [-0.3, -0.25) is 25.0 Å². The molecule has 2 heterocycles. The van der Waals surface area contributed by atoms with E-state index in [1.54, 1.807) is 18.3 Å². The number of carbonyl (C=O) groups excluding carboxylic acids is 1. The first-order chi connectivity index (χ1) is 15.3. The summed E-state index contributed by atoms with van der Waals surface area (Å²) in [6.45, 7) is 2.37. The van der Waals surface area contributed by atoms with Gasteiger partial charge in [-0.2, -0.15) is 0 Å². The van der Waals surface area contributed by atoms with Gasteiger partial charge in [0.2, 0.25) is 0 Å². The van der Waals surface area contributed by atoms with Crippen LogP contribution in [0.5, 0.6) is 0 Å². The van der Waals surface area contributed by atoms with Gasteiger partial charge >= 0.3 is 0 Å². The van der Waals surface area contributed by atoms with Gasteiger partial charge in [0.1, 0.15) is 11.6 Å². The lowest BCUT2D eigenvalue weighted by molar-refractivity contribution is -0.394. The molecule has 32 heavy (non-hydrogen) atoms. The summed E-state index contributed by atoms with van der Waals surface area (Å²) in [5, 5.41) is 38.4. The summed E-state index contributed by atoms with van der Waals surface area (Å²) in [6.07, 6.45) is 1.68. The quantitative estimate of drug-likeness (QED) is 0.255. The predicted molar refractivity (Wildman–Crippen MR) is 115 cm³/mol. The average molecular weight is 438 g/mol. The van der Waals surface area contributed by atoms with E-state index in [0.717, 1.165) is 23.8 Å². The number of amides is 1. The minimum Gasteiger partial charge on any atom is -0.367 e. The number of hydrogen-bond donors (Lipinski definition) is 3. The molecule has 0 unspecified atom stereocenters. The smallest absolute Gasteiger partial charge is 0.277 e. The van der Waals surface area contributed by atoms with E-state index >= 15 is 0 Å². The third-order valence-corrected chi connectivity index (χ3v) is 4.14.